The third kappa shape index (κ3) is 3.28. The Labute approximate surface area is 122 Å². The van der Waals surface area contributed by atoms with Crippen molar-refractivity contribution in [2.24, 2.45) is 0 Å². The lowest BCUT2D eigenvalue weighted by Gasteiger charge is -2.25. The summed E-state index contributed by atoms with van der Waals surface area (Å²) in [5.74, 6) is -1.04. The van der Waals surface area contributed by atoms with Crippen LogP contribution in [0, 0.1) is 0 Å². The molecule has 0 aliphatic heterocycles. The third-order valence-electron chi connectivity index (χ3n) is 3.88. The number of hydrogen-bond acceptors (Lipinski definition) is 4. The maximum atomic E-state index is 10.7. The van der Waals surface area contributed by atoms with Gasteiger partial charge in [-0.1, -0.05) is 29.5 Å². The fourth-order valence-electron chi connectivity index (χ4n) is 2.76. The standard InChI is InChI=1S/C15H18N4O2/c20-15(21)14-10-19(18-17-14)8-7-16-13-6-5-11-3-1-2-4-12(11)9-13/h1-4,10,13,16H,5-9H2,(H,20,21). The molecule has 0 saturated carbocycles. The lowest BCUT2D eigenvalue weighted by Crippen LogP contribution is -2.36. The van der Waals surface area contributed by atoms with Crippen molar-refractivity contribution in [3.8, 4) is 0 Å². The van der Waals surface area contributed by atoms with Gasteiger partial charge < -0.3 is 10.4 Å². The highest BCUT2D eigenvalue weighted by atomic mass is 16.4. The summed E-state index contributed by atoms with van der Waals surface area (Å²) in [6, 6.07) is 9.05. The largest absolute Gasteiger partial charge is 0.476 e. The number of benzene rings is 1. The second-order valence-corrected chi connectivity index (χ2v) is 5.33. The van der Waals surface area contributed by atoms with Crippen molar-refractivity contribution in [1.82, 2.24) is 20.3 Å². The number of carboxylic acids is 1. The molecule has 0 spiro atoms. The van der Waals surface area contributed by atoms with Gasteiger partial charge in [0.2, 0.25) is 0 Å². The zero-order valence-electron chi connectivity index (χ0n) is 11.7. The Morgan fingerprint density at radius 1 is 1.38 bits per heavy atom. The Bertz CT molecular complexity index is 638. The van der Waals surface area contributed by atoms with Crippen molar-refractivity contribution in [2.75, 3.05) is 6.54 Å². The Balaban J connectivity index is 1.49. The number of aryl methyl sites for hydroxylation is 1. The number of aromatic nitrogens is 3. The Kier molecular flexibility index (Phi) is 3.96. The number of carbonyl (C=O) groups is 1. The van der Waals surface area contributed by atoms with Gasteiger partial charge in [-0.3, -0.25) is 4.68 Å². The van der Waals surface area contributed by atoms with Crippen molar-refractivity contribution < 1.29 is 9.90 Å². The lowest BCUT2D eigenvalue weighted by molar-refractivity contribution is 0.0690. The number of hydrogen-bond donors (Lipinski definition) is 2. The van der Waals surface area contributed by atoms with Gasteiger partial charge in [-0.2, -0.15) is 0 Å². The minimum absolute atomic E-state index is 0.0124. The van der Waals surface area contributed by atoms with Crippen LogP contribution in [0.2, 0.25) is 0 Å². The summed E-state index contributed by atoms with van der Waals surface area (Å²) in [5.41, 5.74) is 2.87. The van der Waals surface area contributed by atoms with Crippen LogP contribution in [0.5, 0.6) is 0 Å². The summed E-state index contributed by atoms with van der Waals surface area (Å²) in [5, 5.41) is 19.7. The van der Waals surface area contributed by atoms with Gasteiger partial charge in [0.25, 0.3) is 0 Å². The molecule has 1 unspecified atom stereocenters. The van der Waals surface area contributed by atoms with Crippen LogP contribution in [0.15, 0.2) is 30.5 Å². The average molecular weight is 286 g/mol. The third-order valence-corrected chi connectivity index (χ3v) is 3.88. The van der Waals surface area contributed by atoms with E-state index in [9.17, 15) is 4.79 Å². The first-order valence-corrected chi connectivity index (χ1v) is 7.16. The summed E-state index contributed by atoms with van der Waals surface area (Å²) in [7, 11) is 0. The molecule has 1 aliphatic rings. The molecular weight excluding hydrogens is 268 g/mol. The van der Waals surface area contributed by atoms with Crippen molar-refractivity contribution >= 4 is 5.97 Å². The van der Waals surface area contributed by atoms with E-state index in [0.29, 0.717) is 12.6 Å². The van der Waals surface area contributed by atoms with Crippen molar-refractivity contribution in [3.05, 3.63) is 47.3 Å². The lowest BCUT2D eigenvalue weighted by atomic mass is 9.88. The molecule has 1 aromatic carbocycles. The minimum Gasteiger partial charge on any atom is -0.476 e. The fraction of sp³-hybridized carbons (Fsp3) is 0.400. The average Bonchev–Trinajstić information content (AvgIpc) is 2.96. The molecule has 6 heteroatoms. The molecule has 1 aliphatic carbocycles. The maximum absolute atomic E-state index is 10.7. The molecule has 110 valence electrons. The van der Waals surface area contributed by atoms with Gasteiger partial charge in [-0.05, 0) is 30.4 Å². The number of rotatable bonds is 5. The zero-order valence-corrected chi connectivity index (χ0v) is 11.7. The van der Waals surface area contributed by atoms with E-state index in [-0.39, 0.29) is 5.69 Å². The van der Waals surface area contributed by atoms with E-state index in [1.807, 2.05) is 0 Å². The first-order chi connectivity index (χ1) is 10.2. The van der Waals surface area contributed by atoms with Crippen LogP contribution in [0.3, 0.4) is 0 Å². The van der Waals surface area contributed by atoms with Gasteiger partial charge in [-0.25, -0.2) is 4.79 Å². The van der Waals surface area contributed by atoms with Gasteiger partial charge in [0, 0.05) is 12.6 Å². The Morgan fingerprint density at radius 2 is 2.19 bits per heavy atom. The first kappa shape index (κ1) is 13.8. The number of nitrogens with zero attached hydrogens (tertiary/aromatic N) is 3. The highest BCUT2D eigenvalue weighted by Gasteiger charge is 2.17. The van der Waals surface area contributed by atoms with Gasteiger partial charge in [-0.15, -0.1) is 5.10 Å². The van der Waals surface area contributed by atoms with Crippen LogP contribution in [0.1, 0.15) is 28.0 Å². The Hall–Kier alpha value is -2.21. The minimum atomic E-state index is -1.04. The zero-order chi connectivity index (χ0) is 14.7. The molecule has 0 radical (unpaired) electrons. The smallest absolute Gasteiger partial charge is 0.358 e. The fourth-order valence-corrected chi connectivity index (χ4v) is 2.76. The predicted molar refractivity (Wildman–Crippen MR) is 77.2 cm³/mol. The van der Waals surface area contributed by atoms with Gasteiger partial charge in [0.15, 0.2) is 5.69 Å². The molecular formula is C15H18N4O2. The predicted octanol–water partition coefficient (Wildman–Crippen LogP) is 1.12. The van der Waals surface area contributed by atoms with Crippen LogP contribution in [-0.4, -0.2) is 38.7 Å². The van der Waals surface area contributed by atoms with Gasteiger partial charge >= 0.3 is 5.97 Å². The topological polar surface area (TPSA) is 80.0 Å². The number of carboxylic acid groups (broad SMARTS) is 1. The monoisotopic (exact) mass is 286 g/mol. The molecule has 0 saturated heterocycles. The number of nitrogens with one attached hydrogen (secondary N) is 1. The molecule has 0 bridgehead atoms. The van der Waals surface area contributed by atoms with Crippen LogP contribution in [0.4, 0.5) is 0 Å². The molecule has 1 heterocycles. The summed E-state index contributed by atoms with van der Waals surface area (Å²) >= 11 is 0. The van der Waals surface area contributed by atoms with Crippen molar-refractivity contribution in [1.29, 1.82) is 0 Å². The number of aromatic carboxylic acids is 1. The van der Waals surface area contributed by atoms with Crippen molar-refractivity contribution in [2.45, 2.75) is 31.8 Å². The maximum Gasteiger partial charge on any atom is 0.358 e. The quantitative estimate of drug-likeness (QED) is 0.861. The summed E-state index contributed by atoms with van der Waals surface area (Å²) < 4.78 is 1.56. The van der Waals surface area contributed by atoms with Crippen LogP contribution < -0.4 is 5.32 Å². The van der Waals surface area contributed by atoms with E-state index in [1.54, 1.807) is 4.68 Å². The molecule has 3 rings (SSSR count). The second-order valence-electron chi connectivity index (χ2n) is 5.33. The van der Waals surface area contributed by atoms with Gasteiger partial charge in [0.1, 0.15) is 0 Å². The summed E-state index contributed by atoms with van der Waals surface area (Å²) in [6.45, 7) is 1.38. The molecule has 1 atom stereocenters. The van der Waals surface area contributed by atoms with Crippen LogP contribution in [-0.2, 0) is 19.4 Å². The first-order valence-electron chi connectivity index (χ1n) is 7.16. The Morgan fingerprint density at radius 3 is 2.95 bits per heavy atom. The SMILES string of the molecule is O=C(O)c1cn(CCNC2CCc3ccccc3C2)nn1. The summed E-state index contributed by atoms with van der Waals surface area (Å²) in [4.78, 5) is 10.7. The molecule has 0 fully saturated rings. The van der Waals surface area contributed by atoms with E-state index in [4.69, 9.17) is 5.11 Å². The molecule has 6 nitrogen and oxygen atoms in total. The van der Waals surface area contributed by atoms with Crippen LogP contribution in [0.25, 0.3) is 0 Å². The molecule has 1 aromatic heterocycles. The van der Waals surface area contributed by atoms with E-state index >= 15 is 0 Å². The van der Waals surface area contributed by atoms with E-state index in [2.05, 4.69) is 39.9 Å². The summed E-state index contributed by atoms with van der Waals surface area (Å²) in [6.07, 6.45) is 4.75. The van der Waals surface area contributed by atoms with Gasteiger partial charge in [0.05, 0.1) is 12.7 Å². The van der Waals surface area contributed by atoms with E-state index in [0.717, 1.165) is 25.8 Å². The molecule has 2 N–H and O–H groups in total. The number of fused-ring (bicyclic) bond motifs is 1. The van der Waals surface area contributed by atoms with Crippen molar-refractivity contribution in [3.63, 3.8) is 0 Å². The van der Waals surface area contributed by atoms with Crippen LogP contribution >= 0.6 is 0 Å². The highest BCUT2D eigenvalue weighted by molar-refractivity contribution is 5.84. The van der Waals surface area contributed by atoms with E-state index in [1.165, 1.54) is 17.3 Å². The van der Waals surface area contributed by atoms with E-state index < -0.39 is 5.97 Å². The molecule has 0 amide bonds. The molecule has 2 aromatic rings. The normalized spacial score (nSPS) is 17.4. The molecule has 21 heavy (non-hydrogen) atoms. The second kappa shape index (κ2) is 6.05. The highest BCUT2D eigenvalue weighted by Crippen LogP contribution is 2.20.